The van der Waals surface area contributed by atoms with Crippen LogP contribution in [0.25, 0.3) is 0 Å². The number of aliphatic hydroxyl groups excluding tert-OH is 5. The molecule has 0 aromatic carbocycles. The zero-order valence-corrected chi connectivity index (χ0v) is 59.4. The first-order chi connectivity index (χ1) is 44.3. The lowest BCUT2D eigenvalue weighted by Gasteiger charge is -2.40. The summed E-state index contributed by atoms with van der Waals surface area (Å²) in [6.07, 6.45) is 90.8. The molecule has 6 N–H and O–H groups in total. The van der Waals surface area contributed by atoms with E-state index in [1.807, 2.05) is 6.08 Å². The average molecular weight is 1270 g/mol. The summed E-state index contributed by atoms with van der Waals surface area (Å²) >= 11 is 0. The van der Waals surface area contributed by atoms with Crippen LogP contribution in [0.15, 0.2) is 60.8 Å². The lowest BCUT2D eigenvalue weighted by Crippen LogP contribution is -2.60. The second-order valence-corrected chi connectivity index (χ2v) is 27.5. The molecule has 528 valence electrons. The zero-order chi connectivity index (χ0) is 64.9. The molecule has 0 aliphatic carbocycles. The molecule has 90 heavy (non-hydrogen) atoms. The number of hydrogen-bond donors (Lipinski definition) is 6. The first kappa shape index (κ1) is 85.9. The van der Waals surface area contributed by atoms with Crippen molar-refractivity contribution in [2.24, 2.45) is 0 Å². The molecule has 0 saturated carbocycles. The minimum absolute atomic E-state index is 0.169. The molecular formula is C81H151NO8. The maximum Gasteiger partial charge on any atom is 0.220 e. The highest BCUT2D eigenvalue weighted by atomic mass is 16.7. The Balaban J connectivity index is 2.07. The molecule has 0 radical (unpaired) electrons. The number of carbonyl (C=O) groups is 1. The molecule has 0 aromatic rings. The van der Waals surface area contributed by atoms with E-state index in [0.717, 1.165) is 64.2 Å². The zero-order valence-electron chi connectivity index (χ0n) is 59.4. The van der Waals surface area contributed by atoms with Crippen LogP contribution in [0.5, 0.6) is 0 Å². The van der Waals surface area contributed by atoms with Gasteiger partial charge in [0, 0.05) is 6.42 Å². The average Bonchev–Trinajstić information content (AvgIpc) is 1.28. The highest BCUT2D eigenvalue weighted by molar-refractivity contribution is 5.76. The fourth-order valence-corrected chi connectivity index (χ4v) is 12.7. The Morgan fingerprint density at radius 2 is 0.689 bits per heavy atom. The third-order valence-corrected chi connectivity index (χ3v) is 18.8. The number of ether oxygens (including phenoxy) is 2. The van der Waals surface area contributed by atoms with Crippen molar-refractivity contribution in [3.8, 4) is 0 Å². The molecular weight excluding hydrogens is 1110 g/mol. The summed E-state index contributed by atoms with van der Waals surface area (Å²) in [5.41, 5.74) is 0. The predicted molar refractivity (Wildman–Crippen MR) is 387 cm³/mol. The number of allylic oxidation sites excluding steroid dienone is 9. The van der Waals surface area contributed by atoms with Gasteiger partial charge in [-0.2, -0.15) is 0 Å². The summed E-state index contributed by atoms with van der Waals surface area (Å²) in [5, 5.41) is 54.9. The Labute approximate surface area is 557 Å². The molecule has 1 rings (SSSR count). The molecule has 0 bridgehead atoms. The summed E-state index contributed by atoms with van der Waals surface area (Å²) in [4.78, 5) is 13.2. The molecule has 0 aromatic heterocycles. The van der Waals surface area contributed by atoms with Crippen molar-refractivity contribution < 1.29 is 39.8 Å². The first-order valence-corrected chi connectivity index (χ1v) is 39.5. The van der Waals surface area contributed by atoms with Crippen molar-refractivity contribution in [3.05, 3.63) is 60.8 Å². The van der Waals surface area contributed by atoms with Crippen molar-refractivity contribution in [1.29, 1.82) is 0 Å². The van der Waals surface area contributed by atoms with Crippen LogP contribution in [0, 0.1) is 0 Å². The van der Waals surface area contributed by atoms with Gasteiger partial charge < -0.3 is 40.3 Å². The quantitative estimate of drug-likeness (QED) is 0.0261. The van der Waals surface area contributed by atoms with Crippen molar-refractivity contribution in [2.75, 3.05) is 13.2 Å². The summed E-state index contributed by atoms with van der Waals surface area (Å²) in [5.74, 6) is -0.169. The second-order valence-electron chi connectivity index (χ2n) is 27.5. The van der Waals surface area contributed by atoms with Crippen LogP contribution in [0.2, 0.25) is 0 Å². The summed E-state index contributed by atoms with van der Waals surface area (Å²) in [7, 11) is 0. The Bertz CT molecular complexity index is 1610. The molecule has 1 heterocycles. The minimum Gasteiger partial charge on any atom is -0.394 e. The van der Waals surface area contributed by atoms with Gasteiger partial charge >= 0.3 is 0 Å². The Morgan fingerprint density at radius 1 is 0.389 bits per heavy atom. The SMILES string of the molecule is CC/C=C\C/C=C\C/C=C\C/C=C\CCCCCCCCCCCCCCCCCCCCCCCCC(=O)NC(COC1OC(CO)C(O)C(O)C1O)C(O)/C=C/CCCCCCCCCCCCCCCCCCCCCCCCCCCCCCCC. The second kappa shape index (κ2) is 69.7. The Morgan fingerprint density at radius 3 is 1.02 bits per heavy atom. The van der Waals surface area contributed by atoms with Gasteiger partial charge in [0.05, 0.1) is 25.4 Å². The van der Waals surface area contributed by atoms with Crippen LogP contribution in [0.1, 0.15) is 393 Å². The van der Waals surface area contributed by atoms with E-state index >= 15 is 0 Å². The number of aliphatic hydroxyl groups is 5. The van der Waals surface area contributed by atoms with E-state index in [4.69, 9.17) is 9.47 Å². The number of carbonyl (C=O) groups excluding carboxylic acids is 1. The van der Waals surface area contributed by atoms with Crippen molar-refractivity contribution >= 4 is 5.91 Å². The van der Waals surface area contributed by atoms with E-state index in [2.05, 4.69) is 67.8 Å². The predicted octanol–water partition coefficient (Wildman–Crippen LogP) is 22.5. The molecule has 1 fully saturated rings. The van der Waals surface area contributed by atoms with Crippen LogP contribution in [-0.4, -0.2) is 87.5 Å². The highest BCUT2D eigenvalue weighted by Crippen LogP contribution is 2.24. The van der Waals surface area contributed by atoms with Gasteiger partial charge in [-0.15, -0.1) is 0 Å². The molecule has 1 aliphatic heterocycles. The molecule has 9 heteroatoms. The van der Waals surface area contributed by atoms with Gasteiger partial charge in [-0.3, -0.25) is 4.79 Å². The molecule has 1 amide bonds. The lowest BCUT2D eigenvalue weighted by atomic mass is 9.99. The number of nitrogens with one attached hydrogen (secondary N) is 1. The monoisotopic (exact) mass is 1270 g/mol. The van der Waals surface area contributed by atoms with Crippen molar-refractivity contribution in [3.63, 3.8) is 0 Å². The first-order valence-electron chi connectivity index (χ1n) is 39.5. The van der Waals surface area contributed by atoms with Gasteiger partial charge in [0.2, 0.25) is 5.91 Å². The smallest absolute Gasteiger partial charge is 0.220 e. The van der Waals surface area contributed by atoms with E-state index in [1.54, 1.807) is 6.08 Å². The van der Waals surface area contributed by atoms with Crippen LogP contribution >= 0.6 is 0 Å². The molecule has 0 spiro atoms. The topological polar surface area (TPSA) is 149 Å². The highest BCUT2D eigenvalue weighted by Gasteiger charge is 2.44. The molecule has 7 unspecified atom stereocenters. The Hall–Kier alpha value is -2.11. The van der Waals surface area contributed by atoms with E-state index in [9.17, 15) is 30.3 Å². The standard InChI is InChI=1S/C81H151NO8/c1-3-5-7-9-11-13-15-17-19-21-23-25-27-29-31-33-35-37-38-39-41-43-45-47-49-51-53-55-57-59-61-63-65-67-69-71-77(85)82-74(73-89-81-80(88)79(87)78(86)76(72-83)90-81)75(84)70-68-66-64-62-60-58-56-54-52-50-48-46-44-42-40-36-34-32-30-28-26-24-22-20-18-16-14-12-10-8-6-4-2/h5,7,11,13,17,19,23,25,68,70,74-76,78-81,83-84,86-88H,3-4,6,8-10,12,14-16,18,20-22,24,26-67,69,71-73H2,1-2H3,(H,82,85)/b7-5-,13-11-,19-17-,25-23-,70-68+. The van der Waals surface area contributed by atoms with Gasteiger partial charge in [-0.05, 0) is 57.8 Å². The number of hydrogen-bond acceptors (Lipinski definition) is 8. The minimum atomic E-state index is -1.57. The van der Waals surface area contributed by atoms with E-state index in [-0.39, 0.29) is 12.5 Å². The van der Waals surface area contributed by atoms with E-state index in [1.165, 1.54) is 308 Å². The van der Waals surface area contributed by atoms with Gasteiger partial charge in [0.15, 0.2) is 6.29 Å². The van der Waals surface area contributed by atoms with Crippen LogP contribution in [-0.2, 0) is 14.3 Å². The lowest BCUT2D eigenvalue weighted by molar-refractivity contribution is -0.302. The number of amides is 1. The third kappa shape index (κ3) is 57.3. The van der Waals surface area contributed by atoms with Crippen LogP contribution in [0.4, 0.5) is 0 Å². The summed E-state index contributed by atoms with van der Waals surface area (Å²) in [6.45, 7) is 3.73. The number of unbranched alkanes of at least 4 members (excludes halogenated alkanes) is 52. The largest absolute Gasteiger partial charge is 0.394 e. The van der Waals surface area contributed by atoms with Crippen LogP contribution < -0.4 is 5.32 Å². The third-order valence-electron chi connectivity index (χ3n) is 18.8. The molecule has 1 saturated heterocycles. The Kier molecular flexibility index (Phi) is 66.5. The van der Waals surface area contributed by atoms with Crippen molar-refractivity contribution in [2.45, 2.75) is 436 Å². The summed E-state index contributed by atoms with van der Waals surface area (Å²) in [6, 6.07) is -0.807. The molecule has 1 aliphatic rings. The van der Waals surface area contributed by atoms with E-state index in [0.29, 0.717) is 6.42 Å². The van der Waals surface area contributed by atoms with Gasteiger partial charge in [-0.25, -0.2) is 0 Å². The van der Waals surface area contributed by atoms with Crippen molar-refractivity contribution in [1.82, 2.24) is 5.32 Å². The molecule has 7 atom stereocenters. The van der Waals surface area contributed by atoms with Gasteiger partial charge in [-0.1, -0.05) is 389 Å². The molecule has 9 nitrogen and oxygen atoms in total. The normalized spacial score (nSPS) is 18.1. The number of rotatable bonds is 70. The fraction of sp³-hybridized carbons (Fsp3) is 0.864. The summed E-state index contributed by atoms with van der Waals surface area (Å²) < 4.78 is 11.4. The maximum absolute atomic E-state index is 13.2. The van der Waals surface area contributed by atoms with Gasteiger partial charge in [0.25, 0.3) is 0 Å². The van der Waals surface area contributed by atoms with Crippen LogP contribution in [0.3, 0.4) is 0 Å². The van der Waals surface area contributed by atoms with E-state index < -0.39 is 49.5 Å². The fourth-order valence-electron chi connectivity index (χ4n) is 12.7. The maximum atomic E-state index is 13.2. The van der Waals surface area contributed by atoms with Gasteiger partial charge in [0.1, 0.15) is 24.4 Å².